The normalized spacial score (nSPS) is 15.4. The summed E-state index contributed by atoms with van der Waals surface area (Å²) in [6.45, 7) is 11.4. The van der Waals surface area contributed by atoms with Crippen LogP contribution in [0.5, 0.6) is 11.5 Å². The van der Waals surface area contributed by atoms with Crippen LogP contribution in [0.25, 0.3) is 22.2 Å². The first kappa shape index (κ1) is 28.2. The molecule has 1 aliphatic heterocycles. The zero-order chi connectivity index (χ0) is 27.4. The van der Waals surface area contributed by atoms with E-state index in [0.717, 1.165) is 39.1 Å². The van der Waals surface area contributed by atoms with Gasteiger partial charge in [-0.2, -0.15) is 4.98 Å². The van der Waals surface area contributed by atoms with E-state index in [1.54, 1.807) is 29.9 Å². The average molecular weight is 562 g/mol. The van der Waals surface area contributed by atoms with Crippen LogP contribution in [0.4, 0.5) is 5.95 Å². The first-order valence-corrected chi connectivity index (χ1v) is 13.4. The summed E-state index contributed by atoms with van der Waals surface area (Å²) in [6.07, 6.45) is 4.45. The van der Waals surface area contributed by atoms with Crippen molar-refractivity contribution in [3.63, 3.8) is 0 Å². The molecule has 1 fully saturated rings. The predicted octanol–water partition coefficient (Wildman–Crippen LogP) is 4.41. The summed E-state index contributed by atoms with van der Waals surface area (Å²) < 4.78 is 12.5. The maximum Gasteiger partial charge on any atom is 0.260 e. The first-order chi connectivity index (χ1) is 18.3. The molecule has 11 heteroatoms. The molecule has 9 nitrogen and oxygen atoms in total. The highest BCUT2D eigenvalue weighted by molar-refractivity contribution is 6.41. The van der Waals surface area contributed by atoms with E-state index in [4.69, 9.17) is 32.7 Å². The Bertz CT molecular complexity index is 1340. The lowest BCUT2D eigenvalue weighted by atomic mass is 10.0. The molecule has 0 saturated carbocycles. The molecule has 1 unspecified atom stereocenters. The number of pyridine rings is 1. The van der Waals surface area contributed by atoms with Crippen LogP contribution in [0.1, 0.15) is 13.3 Å². The number of nitrogens with zero attached hydrogens (tertiary/aromatic N) is 5. The number of ether oxygens (including phenoxy) is 2. The summed E-state index contributed by atoms with van der Waals surface area (Å²) in [7, 11) is 4.75. The Balaban J connectivity index is 1.70. The molecule has 1 N–H and O–H groups in total. The molecule has 4 rings (SSSR count). The molecule has 1 aromatic carbocycles. The number of rotatable bonds is 10. The smallest absolute Gasteiger partial charge is 0.260 e. The number of hydrogen-bond acceptors (Lipinski definition) is 8. The van der Waals surface area contributed by atoms with Crippen LogP contribution < -0.4 is 20.3 Å². The van der Waals surface area contributed by atoms with E-state index in [-0.39, 0.29) is 15.6 Å². The van der Waals surface area contributed by atoms with Crippen molar-refractivity contribution in [1.29, 1.82) is 0 Å². The minimum atomic E-state index is -0.248. The highest BCUT2D eigenvalue weighted by atomic mass is 35.5. The molecule has 38 heavy (non-hydrogen) atoms. The van der Waals surface area contributed by atoms with Crippen molar-refractivity contribution in [3.05, 3.63) is 51.4 Å². The fourth-order valence-electron chi connectivity index (χ4n) is 4.78. The van der Waals surface area contributed by atoms with Gasteiger partial charge in [-0.25, -0.2) is 4.98 Å². The number of fused-ring (bicyclic) bond motifs is 1. The summed E-state index contributed by atoms with van der Waals surface area (Å²) in [5, 5.41) is 4.12. The Kier molecular flexibility index (Phi) is 9.15. The molecule has 0 aliphatic carbocycles. The second-order valence-electron chi connectivity index (χ2n) is 9.23. The lowest BCUT2D eigenvalue weighted by Crippen LogP contribution is -2.49. The van der Waals surface area contributed by atoms with Gasteiger partial charge < -0.3 is 19.7 Å². The second kappa shape index (κ2) is 12.3. The van der Waals surface area contributed by atoms with E-state index in [0.29, 0.717) is 52.2 Å². The van der Waals surface area contributed by atoms with E-state index in [1.165, 1.54) is 14.2 Å². The molecule has 1 saturated heterocycles. The maximum absolute atomic E-state index is 14.0. The molecule has 0 bridgehead atoms. The van der Waals surface area contributed by atoms with Gasteiger partial charge in [0, 0.05) is 69.0 Å². The number of benzene rings is 1. The molecule has 1 atom stereocenters. The number of anilines is 1. The van der Waals surface area contributed by atoms with Crippen molar-refractivity contribution in [2.75, 3.05) is 59.3 Å². The Hall–Kier alpha value is -2.85. The molecule has 3 heterocycles. The van der Waals surface area contributed by atoms with Gasteiger partial charge in [0.25, 0.3) is 5.56 Å². The molecule has 0 spiro atoms. The fourth-order valence-corrected chi connectivity index (χ4v) is 5.49. The standard InChI is InChI=1S/C27H34Cl2N6O3/c1-6-17(2)34-12-10-33(11-13-34)8-7-9-35-25-18(16-31-27(30-3)32-25)14-19(26(35)36)22-23(28)20(37-4)15-21(38-5)24(22)29/h6,14-17H,1,7-13H2,2-5H3,(H,30,31,32). The Morgan fingerprint density at radius 1 is 1.11 bits per heavy atom. The lowest BCUT2D eigenvalue weighted by Gasteiger charge is -2.37. The van der Waals surface area contributed by atoms with Gasteiger partial charge in [0.1, 0.15) is 17.1 Å². The summed E-state index contributed by atoms with van der Waals surface area (Å²) in [5.41, 5.74) is 0.986. The molecule has 1 aliphatic rings. The molecular weight excluding hydrogens is 527 g/mol. The largest absolute Gasteiger partial charge is 0.495 e. The third-order valence-corrected chi connectivity index (χ3v) is 7.82. The Labute approximate surface area is 233 Å². The van der Waals surface area contributed by atoms with Gasteiger partial charge in [-0.1, -0.05) is 29.3 Å². The SMILES string of the molecule is C=CC(C)N1CCN(CCCn2c(=O)c(-c3c(Cl)c(OC)cc(OC)c3Cl)cc3cnc(NC)nc32)CC1. The average Bonchev–Trinajstić information content (AvgIpc) is 2.94. The molecule has 2 aromatic heterocycles. The van der Waals surface area contributed by atoms with Crippen molar-refractivity contribution in [1.82, 2.24) is 24.3 Å². The van der Waals surface area contributed by atoms with Gasteiger partial charge in [-0.15, -0.1) is 6.58 Å². The minimum absolute atomic E-state index is 0.237. The van der Waals surface area contributed by atoms with Crippen molar-refractivity contribution >= 4 is 40.2 Å². The summed E-state index contributed by atoms with van der Waals surface area (Å²) in [6, 6.07) is 3.70. The van der Waals surface area contributed by atoms with Crippen LogP contribution in [0, 0.1) is 0 Å². The topological polar surface area (TPSA) is 84.8 Å². The highest BCUT2D eigenvalue weighted by Crippen LogP contribution is 2.45. The molecule has 0 radical (unpaired) electrons. The van der Waals surface area contributed by atoms with E-state index in [1.807, 2.05) is 6.08 Å². The summed E-state index contributed by atoms with van der Waals surface area (Å²) in [4.78, 5) is 27.8. The van der Waals surface area contributed by atoms with E-state index in [2.05, 4.69) is 38.6 Å². The number of hydrogen-bond donors (Lipinski definition) is 1. The van der Waals surface area contributed by atoms with Gasteiger partial charge >= 0.3 is 0 Å². The third kappa shape index (κ3) is 5.61. The predicted molar refractivity (Wildman–Crippen MR) is 154 cm³/mol. The fraction of sp³-hybridized carbons (Fsp3) is 0.444. The number of nitrogens with one attached hydrogen (secondary N) is 1. The van der Waals surface area contributed by atoms with Crippen LogP contribution in [0.2, 0.25) is 10.0 Å². The maximum atomic E-state index is 14.0. The quantitative estimate of drug-likeness (QED) is 0.365. The highest BCUT2D eigenvalue weighted by Gasteiger charge is 2.24. The van der Waals surface area contributed by atoms with Crippen LogP contribution in [0.3, 0.4) is 0 Å². The molecular formula is C27H34Cl2N6O3. The van der Waals surface area contributed by atoms with Gasteiger partial charge in [0.05, 0.1) is 29.8 Å². The molecule has 3 aromatic rings. The summed E-state index contributed by atoms with van der Waals surface area (Å²) >= 11 is 13.4. The van der Waals surface area contributed by atoms with Crippen LogP contribution in [-0.2, 0) is 6.54 Å². The van der Waals surface area contributed by atoms with Gasteiger partial charge in [0.2, 0.25) is 5.95 Å². The zero-order valence-corrected chi connectivity index (χ0v) is 23.8. The van der Waals surface area contributed by atoms with Crippen molar-refractivity contribution in [3.8, 4) is 22.6 Å². The van der Waals surface area contributed by atoms with E-state index < -0.39 is 0 Å². The number of aromatic nitrogens is 3. The van der Waals surface area contributed by atoms with Gasteiger partial charge in [0.15, 0.2) is 0 Å². The third-order valence-electron chi connectivity index (χ3n) is 7.07. The van der Waals surface area contributed by atoms with Gasteiger partial charge in [-0.05, 0) is 26.0 Å². The second-order valence-corrected chi connectivity index (χ2v) is 9.98. The number of methoxy groups -OCH3 is 2. The van der Waals surface area contributed by atoms with Crippen LogP contribution in [0.15, 0.2) is 35.8 Å². The molecule has 204 valence electrons. The Morgan fingerprint density at radius 2 is 1.76 bits per heavy atom. The number of piperazine rings is 1. The van der Waals surface area contributed by atoms with Gasteiger partial charge in [-0.3, -0.25) is 14.3 Å². The van der Waals surface area contributed by atoms with Crippen molar-refractivity contribution in [2.45, 2.75) is 25.9 Å². The summed E-state index contributed by atoms with van der Waals surface area (Å²) in [5.74, 6) is 1.16. The first-order valence-electron chi connectivity index (χ1n) is 12.6. The van der Waals surface area contributed by atoms with Crippen molar-refractivity contribution < 1.29 is 9.47 Å². The van der Waals surface area contributed by atoms with E-state index in [9.17, 15) is 4.79 Å². The van der Waals surface area contributed by atoms with Crippen LogP contribution >= 0.6 is 23.2 Å². The zero-order valence-electron chi connectivity index (χ0n) is 22.3. The number of halogens is 2. The monoisotopic (exact) mass is 560 g/mol. The minimum Gasteiger partial charge on any atom is -0.495 e. The number of aryl methyl sites for hydroxylation is 1. The van der Waals surface area contributed by atoms with Crippen molar-refractivity contribution in [2.24, 2.45) is 0 Å². The molecule has 0 amide bonds. The Morgan fingerprint density at radius 3 is 2.34 bits per heavy atom. The van der Waals surface area contributed by atoms with Crippen LogP contribution in [-0.4, -0.2) is 84.4 Å². The van der Waals surface area contributed by atoms with E-state index >= 15 is 0 Å². The lowest BCUT2D eigenvalue weighted by molar-refractivity contribution is 0.115.